The summed E-state index contributed by atoms with van der Waals surface area (Å²) in [5.74, 6) is -0.404. The second kappa shape index (κ2) is 10.7. The average Bonchev–Trinajstić information content (AvgIpc) is 3.17. The van der Waals surface area contributed by atoms with Gasteiger partial charge in [-0.25, -0.2) is 0 Å². The molecule has 0 aliphatic rings. The Morgan fingerprint density at radius 1 is 1.17 bits per heavy atom. The first-order valence-electron chi connectivity index (χ1n) is 11.3. The molecule has 0 saturated heterocycles. The van der Waals surface area contributed by atoms with Crippen LogP contribution in [0.1, 0.15) is 38.0 Å². The molecule has 2 heterocycles. The van der Waals surface area contributed by atoms with E-state index in [0.29, 0.717) is 29.4 Å². The predicted octanol–water partition coefficient (Wildman–Crippen LogP) is 4.66. The molecule has 182 valence electrons. The molecule has 2 aromatic heterocycles. The fraction of sp³-hybridized carbons (Fsp3) is 0.259. The molecule has 35 heavy (non-hydrogen) atoms. The maximum atomic E-state index is 13.3. The highest BCUT2D eigenvalue weighted by atomic mass is 35.5. The van der Waals surface area contributed by atoms with Gasteiger partial charge < -0.3 is 15.0 Å². The molecule has 4 rings (SSSR count). The molecule has 2 N–H and O–H groups in total. The number of nitrogens with one attached hydrogen (secondary N) is 1. The lowest BCUT2D eigenvalue weighted by atomic mass is 10.1. The molecule has 0 saturated carbocycles. The standard InChI is InChI=1S/C27H28ClN3O3S/c1-17-23(16-30(2)15-22(32)19-7-5-4-6-8-19)35-26-24(17)31(3)14-21(25(26)33)27(34)29-13-18-9-11-20(28)12-10-18/h4-12,14,22,32H,13,15-16H2,1-3H3,(H,29,34). The van der Waals surface area contributed by atoms with Crippen molar-refractivity contribution in [1.82, 2.24) is 14.8 Å². The highest BCUT2D eigenvalue weighted by Crippen LogP contribution is 2.30. The van der Waals surface area contributed by atoms with E-state index in [4.69, 9.17) is 11.6 Å². The lowest BCUT2D eigenvalue weighted by molar-refractivity contribution is 0.0949. The topological polar surface area (TPSA) is 74.6 Å². The van der Waals surface area contributed by atoms with E-state index in [1.807, 2.05) is 73.0 Å². The number of carbonyl (C=O) groups excluding carboxylic acids is 1. The average molecular weight is 510 g/mol. The van der Waals surface area contributed by atoms with Crippen LogP contribution < -0.4 is 10.7 Å². The zero-order chi connectivity index (χ0) is 25.1. The third kappa shape index (κ3) is 5.65. The van der Waals surface area contributed by atoms with E-state index in [-0.39, 0.29) is 11.0 Å². The van der Waals surface area contributed by atoms with Crippen molar-refractivity contribution in [3.63, 3.8) is 0 Å². The minimum atomic E-state index is -0.599. The van der Waals surface area contributed by atoms with Crippen molar-refractivity contribution in [2.45, 2.75) is 26.1 Å². The molecule has 8 heteroatoms. The number of likely N-dealkylation sites (N-methyl/N-ethyl adjacent to an activating group) is 1. The Bertz CT molecular complexity index is 1400. The van der Waals surface area contributed by atoms with Gasteiger partial charge in [0, 0.05) is 42.8 Å². The molecule has 4 aromatic rings. The van der Waals surface area contributed by atoms with Gasteiger partial charge in [0.2, 0.25) is 5.43 Å². The zero-order valence-electron chi connectivity index (χ0n) is 19.9. The lowest BCUT2D eigenvalue weighted by Crippen LogP contribution is -2.29. The number of nitrogens with zero attached hydrogens (tertiary/aromatic N) is 2. The SMILES string of the molecule is Cc1c(CN(C)CC(O)c2ccccc2)sc2c(=O)c(C(=O)NCc3ccc(Cl)cc3)cn(C)c12. The summed E-state index contributed by atoms with van der Waals surface area (Å²) < 4.78 is 2.42. The van der Waals surface area contributed by atoms with E-state index in [0.717, 1.165) is 27.1 Å². The molecule has 1 atom stereocenters. The van der Waals surface area contributed by atoms with Gasteiger partial charge in [0.15, 0.2) is 0 Å². The smallest absolute Gasteiger partial charge is 0.257 e. The van der Waals surface area contributed by atoms with Crippen LogP contribution in [0.2, 0.25) is 5.02 Å². The van der Waals surface area contributed by atoms with Gasteiger partial charge in [0.1, 0.15) is 5.56 Å². The number of thiophene rings is 1. The van der Waals surface area contributed by atoms with Gasteiger partial charge in [-0.15, -0.1) is 11.3 Å². The first kappa shape index (κ1) is 25.1. The van der Waals surface area contributed by atoms with Gasteiger partial charge in [-0.2, -0.15) is 0 Å². The molecule has 0 fully saturated rings. The van der Waals surface area contributed by atoms with E-state index in [1.165, 1.54) is 11.3 Å². The summed E-state index contributed by atoms with van der Waals surface area (Å²) in [4.78, 5) is 29.2. The van der Waals surface area contributed by atoms with Crippen molar-refractivity contribution in [2.24, 2.45) is 7.05 Å². The van der Waals surface area contributed by atoms with Crippen LogP contribution in [0.15, 0.2) is 65.6 Å². The second-order valence-electron chi connectivity index (χ2n) is 8.74. The Labute approximate surface area is 213 Å². The van der Waals surface area contributed by atoms with Crippen LogP contribution in [0.4, 0.5) is 0 Å². The Kier molecular flexibility index (Phi) is 7.72. The largest absolute Gasteiger partial charge is 0.387 e. The number of fused-ring (bicyclic) bond motifs is 1. The second-order valence-corrected chi connectivity index (χ2v) is 10.3. The van der Waals surface area contributed by atoms with Crippen LogP contribution in [0.25, 0.3) is 10.2 Å². The molecule has 0 bridgehead atoms. The number of aliphatic hydroxyl groups excluding tert-OH is 1. The van der Waals surface area contributed by atoms with E-state index in [1.54, 1.807) is 18.3 Å². The van der Waals surface area contributed by atoms with E-state index < -0.39 is 12.0 Å². The third-order valence-corrected chi connectivity index (χ3v) is 7.55. The van der Waals surface area contributed by atoms with Crippen molar-refractivity contribution in [3.05, 3.63) is 103 Å². The highest BCUT2D eigenvalue weighted by molar-refractivity contribution is 7.19. The van der Waals surface area contributed by atoms with Crippen LogP contribution in [-0.2, 0) is 20.1 Å². The molecule has 2 aromatic carbocycles. The zero-order valence-corrected chi connectivity index (χ0v) is 21.5. The summed E-state index contributed by atoms with van der Waals surface area (Å²) >= 11 is 7.33. The number of hydrogen-bond donors (Lipinski definition) is 2. The first-order chi connectivity index (χ1) is 16.7. The van der Waals surface area contributed by atoms with Gasteiger partial charge in [0.25, 0.3) is 5.91 Å². The number of rotatable bonds is 8. The number of aromatic nitrogens is 1. The van der Waals surface area contributed by atoms with Gasteiger partial charge in [-0.05, 0) is 42.8 Å². The molecule has 1 unspecified atom stereocenters. The molecule has 0 aliphatic carbocycles. The van der Waals surface area contributed by atoms with E-state index in [9.17, 15) is 14.7 Å². The molecular formula is C27H28ClN3O3S. The summed E-state index contributed by atoms with van der Waals surface area (Å²) in [6, 6.07) is 16.8. The van der Waals surface area contributed by atoms with Crippen molar-refractivity contribution in [3.8, 4) is 0 Å². The van der Waals surface area contributed by atoms with Crippen molar-refractivity contribution in [1.29, 1.82) is 0 Å². The Balaban J connectivity index is 1.53. The molecule has 0 spiro atoms. The summed E-state index contributed by atoms with van der Waals surface area (Å²) in [6.07, 6.45) is 1.01. The first-order valence-corrected chi connectivity index (χ1v) is 12.5. The van der Waals surface area contributed by atoms with Gasteiger partial charge in [-0.3, -0.25) is 14.5 Å². The summed E-state index contributed by atoms with van der Waals surface area (Å²) in [6.45, 7) is 3.36. The van der Waals surface area contributed by atoms with Gasteiger partial charge >= 0.3 is 0 Å². The molecular weight excluding hydrogens is 482 g/mol. The highest BCUT2D eigenvalue weighted by Gasteiger charge is 2.21. The van der Waals surface area contributed by atoms with Crippen molar-refractivity contribution >= 4 is 39.1 Å². The lowest BCUT2D eigenvalue weighted by Gasteiger charge is -2.20. The van der Waals surface area contributed by atoms with E-state index >= 15 is 0 Å². The number of carbonyl (C=O) groups is 1. The quantitative estimate of drug-likeness (QED) is 0.362. The summed E-state index contributed by atoms with van der Waals surface area (Å²) in [5.41, 5.74) is 3.47. The maximum absolute atomic E-state index is 13.3. The predicted molar refractivity (Wildman–Crippen MR) is 142 cm³/mol. The summed E-state index contributed by atoms with van der Waals surface area (Å²) in [7, 11) is 3.80. The minimum Gasteiger partial charge on any atom is -0.387 e. The Morgan fingerprint density at radius 2 is 1.86 bits per heavy atom. The van der Waals surface area contributed by atoms with Crippen molar-refractivity contribution in [2.75, 3.05) is 13.6 Å². The van der Waals surface area contributed by atoms with Crippen LogP contribution in [0.3, 0.4) is 0 Å². The van der Waals surface area contributed by atoms with Gasteiger partial charge in [-0.1, -0.05) is 54.1 Å². The number of amides is 1. The fourth-order valence-electron chi connectivity index (χ4n) is 4.15. The number of aliphatic hydroxyl groups is 1. The normalized spacial score (nSPS) is 12.3. The molecule has 6 nitrogen and oxygen atoms in total. The molecule has 0 radical (unpaired) electrons. The minimum absolute atomic E-state index is 0.120. The van der Waals surface area contributed by atoms with Crippen molar-refractivity contribution < 1.29 is 9.90 Å². The number of hydrogen-bond acceptors (Lipinski definition) is 5. The van der Waals surface area contributed by atoms with E-state index in [2.05, 4.69) is 5.32 Å². The van der Waals surface area contributed by atoms with Crippen LogP contribution in [-0.4, -0.2) is 34.1 Å². The number of benzene rings is 2. The number of aryl methyl sites for hydroxylation is 2. The number of halogens is 1. The third-order valence-electron chi connectivity index (χ3n) is 6.03. The van der Waals surface area contributed by atoms with Crippen LogP contribution in [0, 0.1) is 6.92 Å². The van der Waals surface area contributed by atoms with Crippen LogP contribution >= 0.6 is 22.9 Å². The fourth-order valence-corrected chi connectivity index (χ4v) is 5.65. The number of pyridine rings is 1. The monoisotopic (exact) mass is 509 g/mol. The Morgan fingerprint density at radius 3 is 2.54 bits per heavy atom. The Hall–Kier alpha value is -2.97. The maximum Gasteiger partial charge on any atom is 0.257 e. The molecule has 1 amide bonds. The van der Waals surface area contributed by atoms with Crippen LogP contribution in [0.5, 0.6) is 0 Å². The molecule has 0 aliphatic heterocycles. The summed E-state index contributed by atoms with van der Waals surface area (Å²) in [5, 5.41) is 14.0. The van der Waals surface area contributed by atoms with Gasteiger partial charge in [0.05, 0.1) is 16.3 Å².